The van der Waals surface area contributed by atoms with Crippen molar-refractivity contribution in [1.82, 2.24) is 19.8 Å². The molecular formula is C75H77N5. The minimum absolute atomic E-state index is 0.00243. The zero-order valence-electron chi connectivity index (χ0n) is 47.8. The van der Waals surface area contributed by atoms with Gasteiger partial charge in [0.25, 0.3) is 0 Å². The van der Waals surface area contributed by atoms with Gasteiger partial charge in [0.15, 0.2) is 0 Å². The molecule has 1 aliphatic heterocycles. The van der Waals surface area contributed by atoms with Crippen molar-refractivity contribution in [1.29, 1.82) is 5.26 Å². The zero-order valence-corrected chi connectivity index (χ0v) is 47.8. The second-order valence-corrected chi connectivity index (χ2v) is 27.6. The van der Waals surface area contributed by atoms with Crippen LogP contribution < -0.4 is 10.6 Å². The summed E-state index contributed by atoms with van der Waals surface area (Å²) in [7, 11) is 0. The van der Waals surface area contributed by atoms with Crippen molar-refractivity contribution in [3.05, 3.63) is 224 Å². The first kappa shape index (κ1) is 49.1. The van der Waals surface area contributed by atoms with Crippen LogP contribution in [-0.2, 0) is 12.8 Å². The molecule has 2 N–H and O–H groups in total. The van der Waals surface area contributed by atoms with Crippen LogP contribution in [0.25, 0.3) is 34.4 Å². The summed E-state index contributed by atoms with van der Waals surface area (Å²) in [5.41, 5.74) is 23.3. The van der Waals surface area contributed by atoms with E-state index in [0.29, 0.717) is 47.3 Å². The quantitative estimate of drug-likeness (QED) is 0.196. The van der Waals surface area contributed by atoms with E-state index in [9.17, 15) is 5.26 Å². The minimum Gasteiger partial charge on any atom is -0.313 e. The van der Waals surface area contributed by atoms with Crippen LogP contribution in [0.3, 0.4) is 0 Å². The van der Waals surface area contributed by atoms with E-state index in [1.165, 1.54) is 55.9 Å². The van der Waals surface area contributed by atoms with Crippen molar-refractivity contribution in [3.63, 3.8) is 0 Å². The number of allylic oxidation sites excluding steroid dienone is 19. The fourth-order valence-corrected chi connectivity index (χ4v) is 19.1. The van der Waals surface area contributed by atoms with Gasteiger partial charge in [-0.25, -0.2) is 0 Å². The van der Waals surface area contributed by atoms with E-state index >= 15 is 0 Å². The summed E-state index contributed by atoms with van der Waals surface area (Å²) in [6, 6.07) is 16.9. The summed E-state index contributed by atoms with van der Waals surface area (Å²) >= 11 is 0. The number of nitriles is 1. The lowest BCUT2D eigenvalue weighted by Crippen LogP contribution is -2.48. The lowest BCUT2D eigenvalue weighted by Gasteiger charge is -2.37. The molecule has 0 bridgehead atoms. The lowest BCUT2D eigenvalue weighted by molar-refractivity contribution is 0.207. The Bertz CT molecular complexity index is 3850. The molecule has 0 saturated heterocycles. The van der Waals surface area contributed by atoms with E-state index in [2.05, 4.69) is 225 Å². The van der Waals surface area contributed by atoms with Gasteiger partial charge in [0.2, 0.25) is 0 Å². The van der Waals surface area contributed by atoms with Gasteiger partial charge in [-0.2, -0.15) is 5.26 Å². The van der Waals surface area contributed by atoms with Crippen molar-refractivity contribution in [2.45, 2.75) is 136 Å². The SMILES string of the molecule is CC1(C)C2=C(CCC=C2)C2c3c(n(-c4cc(-n5c6c(c7c5C=CC5C7C7C=CC=CC7C5(C)C)CCC=C6)c(C#N)cc4C4C=CC(C5=CCC6C(=C5)C5=CC=CCC5C6(C)C)NC(C5=CC=CCC5)N4)c4ccccc34)CCC21. The van der Waals surface area contributed by atoms with Gasteiger partial charge >= 0.3 is 0 Å². The molecule has 11 unspecified atom stereocenters. The van der Waals surface area contributed by atoms with E-state index in [0.717, 1.165) is 81.0 Å². The maximum absolute atomic E-state index is 11.9. The Labute approximate surface area is 474 Å². The van der Waals surface area contributed by atoms with Crippen molar-refractivity contribution in [2.24, 2.45) is 51.8 Å². The molecule has 0 radical (unpaired) electrons. The summed E-state index contributed by atoms with van der Waals surface area (Å²) in [4.78, 5) is 0. The number of aromatic nitrogens is 2. The first-order chi connectivity index (χ1) is 38.9. The van der Waals surface area contributed by atoms with Crippen LogP contribution in [0.1, 0.15) is 156 Å². The Hall–Kier alpha value is -6.71. The molecule has 2 fully saturated rings. The van der Waals surface area contributed by atoms with Crippen molar-refractivity contribution >= 4 is 23.1 Å². The molecule has 4 aromatic rings. The molecule has 2 aromatic carbocycles. The lowest BCUT2D eigenvalue weighted by atomic mass is 9.67. The predicted octanol–water partition coefficient (Wildman–Crippen LogP) is 16.9. The van der Waals surface area contributed by atoms with Gasteiger partial charge < -0.3 is 9.13 Å². The van der Waals surface area contributed by atoms with Crippen molar-refractivity contribution in [2.75, 3.05) is 0 Å². The average Bonchev–Trinajstić information content (AvgIpc) is 3.38. The summed E-state index contributed by atoms with van der Waals surface area (Å²) in [6.45, 7) is 15.1. The molecule has 2 aromatic heterocycles. The van der Waals surface area contributed by atoms with E-state index in [1.807, 2.05) is 0 Å². The van der Waals surface area contributed by atoms with Gasteiger partial charge in [0, 0.05) is 28.4 Å². The molecule has 2 saturated carbocycles. The number of fused-ring (bicyclic) bond motifs is 16. The smallest absolute Gasteiger partial charge is 0.101 e. The Morgan fingerprint density at radius 3 is 2.34 bits per heavy atom. The van der Waals surface area contributed by atoms with Gasteiger partial charge in [-0.15, -0.1) is 0 Å². The highest BCUT2D eigenvalue weighted by Gasteiger charge is 2.56. The second-order valence-electron chi connectivity index (χ2n) is 27.6. The number of para-hydroxylation sites is 1. The maximum atomic E-state index is 11.9. The standard InChI is InChI=1S/C75H77N5/c1-73(2)54-27-15-10-22-47(54)52-40-45(32-33-57(52)73)60-36-37-61(78-72(77-60)44-20-8-7-9-21-44)53-41-46(43-76)66(79-62-30-18-13-25-50(62)70-64(79)38-34-58-68(70)48-23-11-16-28-55(48)74(58,3)4)42-67(53)80-63-31-19-14-26-51(63)71-65(80)39-35-59-69(71)49-24-12-17-29-56(49)75(59,5)6/h7-8,10-11,14-20,22-23,26,28-32,34,36-38,40-42,48,54-55,57-61,68-69,72,77-78H,9,12-13,21,24-25,27,33,35,39H2,1-6H3. The molecule has 0 amide bonds. The summed E-state index contributed by atoms with van der Waals surface area (Å²) in [5.74, 6) is 3.71. The molecule has 11 aliphatic carbocycles. The molecule has 402 valence electrons. The first-order valence-electron chi connectivity index (χ1n) is 30.9. The largest absolute Gasteiger partial charge is 0.313 e. The number of nitrogens with one attached hydrogen (secondary N) is 2. The number of hydrogen-bond donors (Lipinski definition) is 2. The molecule has 11 atom stereocenters. The monoisotopic (exact) mass is 1050 g/mol. The van der Waals surface area contributed by atoms with Gasteiger partial charge in [0.05, 0.1) is 40.7 Å². The number of benzene rings is 2. The third-order valence-electron chi connectivity index (χ3n) is 23.0. The van der Waals surface area contributed by atoms with Crippen molar-refractivity contribution < 1.29 is 0 Å². The van der Waals surface area contributed by atoms with Crippen LogP contribution in [0, 0.1) is 63.1 Å². The maximum Gasteiger partial charge on any atom is 0.101 e. The number of rotatable bonds is 5. The van der Waals surface area contributed by atoms with Gasteiger partial charge in [-0.3, -0.25) is 10.6 Å². The van der Waals surface area contributed by atoms with Gasteiger partial charge in [-0.1, -0.05) is 175 Å². The van der Waals surface area contributed by atoms with Gasteiger partial charge in [0.1, 0.15) is 6.07 Å². The highest BCUT2D eigenvalue weighted by molar-refractivity contribution is 5.90. The Morgan fingerprint density at radius 1 is 0.662 bits per heavy atom. The van der Waals surface area contributed by atoms with Crippen LogP contribution in [0.15, 0.2) is 179 Å². The molecule has 16 rings (SSSR count). The fraction of sp³-hybridized carbons (Fsp3) is 0.400. The molecule has 0 spiro atoms. The van der Waals surface area contributed by atoms with Crippen LogP contribution >= 0.6 is 0 Å². The van der Waals surface area contributed by atoms with E-state index in [4.69, 9.17) is 0 Å². The normalized spacial score (nSPS) is 32.8. The molecular weight excluding hydrogens is 971 g/mol. The number of hydrogen-bond acceptors (Lipinski definition) is 3. The molecule has 80 heavy (non-hydrogen) atoms. The molecule has 5 heteroatoms. The van der Waals surface area contributed by atoms with E-state index in [-0.39, 0.29) is 34.5 Å². The minimum atomic E-state index is -0.209. The summed E-state index contributed by atoms with van der Waals surface area (Å²) in [6.07, 6.45) is 58.9. The summed E-state index contributed by atoms with van der Waals surface area (Å²) in [5, 5.41) is 21.8. The first-order valence-corrected chi connectivity index (χ1v) is 30.9. The Balaban J connectivity index is 0.918. The third kappa shape index (κ3) is 6.88. The second kappa shape index (κ2) is 17.9. The van der Waals surface area contributed by atoms with E-state index in [1.54, 1.807) is 27.9 Å². The molecule has 3 heterocycles. The predicted molar refractivity (Wildman–Crippen MR) is 328 cm³/mol. The number of nitrogens with zero attached hydrogens (tertiary/aromatic N) is 3. The van der Waals surface area contributed by atoms with Crippen molar-refractivity contribution in [3.8, 4) is 17.4 Å². The highest BCUT2D eigenvalue weighted by Crippen LogP contribution is 2.65. The van der Waals surface area contributed by atoms with E-state index < -0.39 is 0 Å². The van der Waals surface area contributed by atoms with Crippen LogP contribution in [0.5, 0.6) is 0 Å². The van der Waals surface area contributed by atoms with Gasteiger partial charge in [-0.05, 0) is 202 Å². The van der Waals surface area contributed by atoms with Crippen LogP contribution in [0.4, 0.5) is 0 Å². The average molecular weight is 1050 g/mol. The fourth-order valence-electron chi connectivity index (χ4n) is 19.1. The highest BCUT2D eigenvalue weighted by atomic mass is 15.2. The molecule has 5 nitrogen and oxygen atoms in total. The third-order valence-corrected chi connectivity index (χ3v) is 23.0. The Morgan fingerprint density at radius 2 is 1.46 bits per heavy atom. The Kier molecular flexibility index (Phi) is 11.0. The topological polar surface area (TPSA) is 57.7 Å². The van der Waals surface area contributed by atoms with Crippen LogP contribution in [0.2, 0.25) is 0 Å². The van der Waals surface area contributed by atoms with Crippen LogP contribution in [-0.4, -0.2) is 21.3 Å². The molecule has 12 aliphatic rings. The summed E-state index contributed by atoms with van der Waals surface area (Å²) < 4.78 is 5.25. The zero-order chi connectivity index (χ0) is 54.0.